The van der Waals surface area contributed by atoms with Crippen LogP contribution in [0.15, 0.2) is 35.0 Å². The van der Waals surface area contributed by atoms with E-state index in [0.29, 0.717) is 41.2 Å². The minimum atomic E-state index is 0.0255. The van der Waals surface area contributed by atoms with Gasteiger partial charge in [0.05, 0.1) is 5.02 Å². The van der Waals surface area contributed by atoms with E-state index in [-0.39, 0.29) is 19.1 Å². The van der Waals surface area contributed by atoms with E-state index in [1.807, 2.05) is 12.1 Å². The average molecular weight is 374 g/mol. The molecule has 1 fully saturated rings. The molecule has 1 amide bonds. The lowest BCUT2D eigenvalue weighted by Gasteiger charge is -2.30. The van der Waals surface area contributed by atoms with Crippen molar-refractivity contribution < 1.29 is 14.1 Å². The highest BCUT2D eigenvalue weighted by Gasteiger charge is 2.24. The van der Waals surface area contributed by atoms with Gasteiger partial charge in [0.2, 0.25) is 5.91 Å². The summed E-state index contributed by atoms with van der Waals surface area (Å²) in [6.07, 6.45) is 1.68. The number of fused-ring (bicyclic) bond motifs is 1. The standard InChI is InChI=1S/C17H16ClN5O3/c1-22-7-8-23(9-15(22)24)17-20-14(26-21-17)10-25-13-5-4-12(18)11-3-2-6-19-16(11)13/h2-6H,7-10H2,1H3. The maximum absolute atomic E-state index is 11.8. The first kappa shape index (κ1) is 16.6. The number of pyridine rings is 1. The van der Waals surface area contributed by atoms with Gasteiger partial charge in [0.1, 0.15) is 17.8 Å². The highest BCUT2D eigenvalue weighted by Crippen LogP contribution is 2.30. The summed E-state index contributed by atoms with van der Waals surface area (Å²) in [4.78, 5) is 23.9. The van der Waals surface area contributed by atoms with E-state index < -0.39 is 0 Å². The van der Waals surface area contributed by atoms with Crippen LogP contribution in [0.1, 0.15) is 5.89 Å². The van der Waals surface area contributed by atoms with Crippen molar-refractivity contribution in [2.45, 2.75) is 6.61 Å². The van der Waals surface area contributed by atoms with Crippen molar-refractivity contribution in [1.29, 1.82) is 0 Å². The van der Waals surface area contributed by atoms with Crippen molar-refractivity contribution in [3.8, 4) is 5.75 Å². The average Bonchev–Trinajstić information content (AvgIpc) is 3.13. The third-order valence-corrected chi connectivity index (χ3v) is 4.56. The monoisotopic (exact) mass is 373 g/mol. The summed E-state index contributed by atoms with van der Waals surface area (Å²) in [6.45, 7) is 1.62. The fourth-order valence-corrected chi connectivity index (χ4v) is 2.95. The minimum Gasteiger partial charge on any atom is -0.481 e. The molecule has 1 aliphatic heterocycles. The van der Waals surface area contributed by atoms with Crippen molar-refractivity contribution in [1.82, 2.24) is 20.0 Å². The molecular weight excluding hydrogens is 358 g/mol. The number of benzene rings is 1. The number of carbonyl (C=O) groups is 1. The summed E-state index contributed by atoms with van der Waals surface area (Å²) in [6, 6.07) is 7.22. The zero-order valence-electron chi connectivity index (χ0n) is 14.1. The van der Waals surface area contributed by atoms with Gasteiger partial charge >= 0.3 is 0 Å². The van der Waals surface area contributed by atoms with Gasteiger partial charge in [-0.15, -0.1) is 0 Å². The Labute approximate surface area is 154 Å². The molecule has 0 saturated carbocycles. The van der Waals surface area contributed by atoms with Crippen LogP contribution in [-0.2, 0) is 11.4 Å². The molecule has 0 spiro atoms. The normalized spacial score (nSPS) is 14.9. The summed E-state index contributed by atoms with van der Waals surface area (Å²) in [5, 5.41) is 5.37. The van der Waals surface area contributed by atoms with Gasteiger partial charge in [-0.3, -0.25) is 9.78 Å². The number of nitrogens with zero attached hydrogens (tertiary/aromatic N) is 5. The molecule has 3 aromatic rings. The lowest BCUT2D eigenvalue weighted by molar-refractivity contribution is -0.129. The summed E-state index contributed by atoms with van der Waals surface area (Å²) in [5.74, 6) is 1.33. The first-order valence-electron chi connectivity index (χ1n) is 8.09. The maximum atomic E-state index is 11.8. The summed E-state index contributed by atoms with van der Waals surface area (Å²) >= 11 is 6.18. The molecule has 2 aromatic heterocycles. The second kappa shape index (κ2) is 6.80. The third kappa shape index (κ3) is 3.15. The third-order valence-electron chi connectivity index (χ3n) is 4.23. The smallest absolute Gasteiger partial charge is 0.266 e. The highest BCUT2D eigenvalue weighted by molar-refractivity contribution is 6.35. The second-order valence-corrected chi connectivity index (χ2v) is 6.37. The van der Waals surface area contributed by atoms with Crippen molar-refractivity contribution >= 4 is 34.4 Å². The van der Waals surface area contributed by atoms with Crippen molar-refractivity contribution in [3.05, 3.63) is 41.4 Å². The van der Waals surface area contributed by atoms with Crippen LogP contribution in [0.2, 0.25) is 5.02 Å². The van der Waals surface area contributed by atoms with Gasteiger partial charge in [0.25, 0.3) is 11.8 Å². The minimum absolute atomic E-state index is 0.0255. The van der Waals surface area contributed by atoms with E-state index in [1.54, 1.807) is 35.2 Å². The Morgan fingerprint density at radius 3 is 3.04 bits per heavy atom. The lowest BCUT2D eigenvalue weighted by atomic mass is 10.2. The van der Waals surface area contributed by atoms with Crippen LogP contribution in [0, 0.1) is 0 Å². The van der Waals surface area contributed by atoms with Crippen LogP contribution in [0.4, 0.5) is 5.95 Å². The number of likely N-dealkylation sites (N-methyl/N-ethyl adjacent to an activating group) is 1. The van der Waals surface area contributed by atoms with Crippen LogP contribution in [0.5, 0.6) is 5.75 Å². The van der Waals surface area contributed by atoms with Crippen LogP contribution in [-0.4, -0.2) is 52.6 Å². The molecule has 0 bridgehead atoms. The fourth-order valence-electron chi connectivity index (χ4n) is 2.73. The summed E-state index contributed by atoms with van der Waals surface area (Å²) in [7, 11) is 1.78. The molecule has 0 N–H and O–H groups in total. The number of anilines is 1. The quantitative estimate of drug-likeness (QED) is 0.692. The Morgan fingerprint density at radius 1 is 1.31 bits per heavy atom. The molecule has 0 radical (unpaired) electrons. The zero-order valence-corrected chi connectivity index (χ0v) is 14.8. The van der Waals surface area contributed by atoms with Gasteiger partial charge < -0.3 is 19.1 Å². The van der Waals surface area contributed by atoms with Crippen molar-refractivity contribution in [2.75, 3.05) is 31.6 Å². The number of carbonyl (C=O) groups excluding carboxylic acids is 1. The Bertz CT molecular complexity index is 960. The number of ether oxygens (including phenoxy) is 1. The van der Waals surface area contributed by atoms with Gasteiger partial charge in [0, 0.05) is 31.7 Å². The molecule has 0 aliphatic carbocycles. The van der Waals surface area contributed by atoms with E-state index in [1.165, 1.54) is 0 Å². The molecule has 9 heteroatoms. The number of hydrogen-bond donors (Lipinski definition) is 0. The van der Waals surface area contributed by atoms with Crippen LogP contribution < -0.4 is 9.64 Å². The number of hydrogen-bond acceptors (Lipinski definition) is 7. The van der Waals surface area contributed by atoms with Crippen LogP contribution in [0.25, 0.3) is 10.9 Å². The molecule has 1 aromatic carbocycles. The largest absolute Gasteiger partial charge is 0.481 e. The summed E-state index contributed by atoms with van der Waals surface area (Å²) < 4.78 is 11.0. The number of piperazine rings is 1. The molecule has 0 unspecified atom stereocenters. The number of rotatable bonds is 4. The van der Waals surface area contributed by atoms with Crippen LogP contribution >= 0.6 is 11.6 Å². The van der Waals surface area contributed by atoms with E-state index in [2.05, 4.69) is 15.1 Å². The lowest BCUT2D eigenvalue weighted by Crippen LogP contribution is -2.48. The number of amides is 1. The first-order chi connectivity index (χ1) is 12.6. The Hall–Kier alpha value is -2.87. The zero-order chi connectivity index (χ0) is 18.1. The van der Waals surface area contributed by atoms with E-state index in [9.17, 15) is 4.79 Å². The maximum Gasteiger partial charge on any atom is 0.266 e. The van der Waals surface area contributed by atoms with Crippen molar-refractivity contribution in [2.24, 2.45) is 0 Å². The first-order valence-corrected chi connectivity index (χ1v) is 8.47. The topological polar surface area (TPSA) is 84.6 Å². The van der Waals surface area contributed by atoms with E-state index in [0.717, 1.165) is 5.39 Å². The van der Waals surface area contributed by atoms with Crippen molar-refractivity contribution in [3.63, 3.8) is 0 Å². The van der Waals surface area contributed by atoms with Gasteiger partial charge in [0.15, 0.2) is 6.61 Å². The summed E-state index contributed by atoms with van der Waals surface area (Å²) in [5.41, 5.74) is 0.671. The number of aromatic nitrogens is 3. The Kier molecular flexibility index (Phi) is 4.34. The van der Waals surface area contributed by atoms with Crippen LogP contribution in [0.3, 0.4) is 0 Å². The SMILES string of the molecule is CN1CCN(c2noc(COc3ccc(Cl)c4cccnc34)n2)CC1=O. The second-order valence-electron chi connectivity index (χ2n) is 5.96. The highest BCUT2D eigenvalue weighted by atomic mass is 35.5. The Balaban J connectivity index is 1.47. The molecule has 1 aliphatic rings. The van der Waals surface area contributed by atoms with Gasteiger partial charge in [-0.1, -0.05) is 11.6 Å². The number of halogens is 1. The molecule has 134 valence electrons. The van der Waals surface area contributed by atoms with Gasteiger partial charge in [-0.05, 0) is 29.4 Å². The predicted molar refractivity (Wildman–Crippen MR) is 95.2 cm³/mol. The molecular formula is C17H16ClN5O3. The van der Waals surface area contributed by atoms with E-state index in [4.69, 9.17) is 20.9 Å². The van der Waals surface area contributed by atoms with Gasteiger partial charge in [-0.2, -0.15) is 4.98 Å². The molecule has 4 rings (SSSR count). The molecule has 8 nitrogen and oxygen atoms in total. The fraction of sp³-hybridized carbons (Fsp3) is 0.294. The van der Waals surface area contributed by atoms with E-state index >= 15 is 0 Å². The molecule has 0 atom stereocenters. The molecule has 3 heterocycles. The Morgan fingerprint density at radius 2 is 2.19 bits per heavy atom. The molecule has 26 heavy (non-hydrogen) atoms. The predicted octanol–water partition coefficient (Wildman–Crippen LogP) is 2.13. The van der Waals surface area contributed by atoms with Gasteiger partial charge in [-0.25, -0.2) is 0 Å². The molecule has 1 saturated heterocycles.